The Balaban J connectivity index is 1.76. The fourth-order valence-corrected chi connectivity index (χ4v) is 3.14. The minimum Gasteiger partial charge on any atom is -0.491 e. The van der Waals surface area contributed by atoms with Crippen molar-refractivity contribution in [2.24, 2.45) is 5.92 Å². The Labute approximate surface area is 127 Å². The quantitative estimate of drug-likeness (QED) is 0.881. The summed E-state index contributed by atoms with van der Waals surface area (Å²) >= 11 is 0. The number of ether oxygens (including phenoxy) is 1. The molecule has 6 heteroatoms. The van der Waals surface area contributed by atoms with E-state index in [0.717, 1.165) is 0 Å². The molecule has 0 unspecified atom stereocenters. The first-order valence-electron chi connectivity index (χ1n) is 7.59. The molecule has 1 amide bonds. The number of benzene rings is 1. The highest BCUT2D eigenvalue weighted by molar-refractivity contribution is 5.94. The number of aliphatic hydroxyl groups excluding tert-OH is 1. The van der Waals surface area contributed by atoms with Gasteiger partial charge in [-0.05, 0) is 18.9 Å². The molecule has 1 aliphatic carbocycles. The fourth-order valence-electron chi connectivity index (χ4n) is 3.14. The van der Waals surface area contributed by atoms with E-state index in [0.29, 0.717) is 42.9 Å². The smallest absolute Gasteiger partial charge is 0.248 e. The molecule has 0 aromatic heterocycles. The lowest BCUT2D eigenvalue weighted by Gasteiger charge is -2.29. The Kier molecular flexibility index (Phi) is 4.04. The Morgan fingerprint density at radius 3 is 2.95 bits per heavy atom. The number of amides is 1. The summed E-state index contributed by atoms with van der Waals surface area (Å²) in [4.78, 5) is 12.3. The SMILES string of the molecule is O=C(Nc1cccc2c1OCC[C@H]2O)[C@@H]1CCCC(F)(F)C1. The van der Waals surface area contributed by atoms with E-state index in [1.807, 2.05) is 0 Å². The van der Waals surface area contributed by atoms with Crippen LogP contribution >= 0.6 is 0 Å². The number of fused-ring (bicyclic) bond motifs is 1. The molecule has 2 aliphatic rings. The van der Waals surface area contributed by atoms with Crippen LogP contribution in [0.3, 0.4) is 0 Å². The van der Waals surface area contributed by atoms with Gasteiger partial charge in [0.1, 0.15) is 5.75 Å². The number of rotatable bonds is 2. The lowest BCUT2D eigenvalue weighted by atomic mass is 9.86. The highest BCUT2D eigenvalue weighted by Crippen LogP contribution is 2.40. The summed E-state index contributed by atoms with van der Waals surface area (Å²) in [5.41, 5.74) is 1.06. The molecule has 22 heavy (non-hydrogen) atoms. The molecule has 1 heterocycles. The maximum Gasteiger partial charge on any atom is 0.248 e. The molecule has 0 saturated heterocycles. The van der Waals surface area contributed by atoms with Crippen LogP contribution in [-0.4, -0.2) is 23.5 Å². The molecular formula is C16H19F2NO3. The second-order valence-corrected chi connectivity index (χ2v) is 6.02. The van der Waals surface area contributed by atoms with Gasteiger partial charge in [-0.3, -0.25) is 4.79 Å². The third-order valence-electron chi connectivity index (χ3n) is 4.31. The second-order valence-electron chi connectivity index (χ2n) is 6.02. The first-order valence-corrected chi connectivity index (χ1v) is 7.59. The van der Waals surface area contributed by atoms with Gasteiger partial charge >= 0.3 is 0 Å². The van der Waals surface area contributed by atoms with Gasteiger partial charge in [-0.25, -0.2) is 8.78 Å². The topological polar surface area (TPSA) is 58.6 Å². The molecule has 0 bridgehead atoms. The van der Waals surface area contributed by atoms with Crippen molar-refractivity contribution in [2.45, 2.75) is 44.1 Å². The Morgan fingerprint density at radius 1 is 1.36 bits per heavy atom. The van der Waals surface area contributed by atoms with Gasteiger partial charge < -0.3 is 15.2 Å². The van der Waals surface area contributed by atoms with Gasteiger partial charge in [-0.15, -0.1) is 0 Å². The molecule has 3 rings (SSSR count). The van der Waals surface area contributed by atoms with Crippen molar-refractivity contribution in [3.05, 3.63) is 23.8 Å². The van der Waals surface area contributed by atoms with E-state index in [9.17, 15) is 18.7 Å². The van der Waals surface area contributed by atoms with Crippen LogP contribution in [0.5, 0.6) is 5.75 Å². The summed E-state index contributed by atoms with van der Waals surface area (Å²) in [6, 6.07) is 5.11. The second kappa shape index (κ2) is 5.83. The summed E-state index contributed by atoms with van der Waals surface area (Å²) in [6.07, 6.45) is 0.149. The predicted molar refractivity (Wildman–Crippen MR) is 77.0 cm³/mol. The van der Waals surface area contributed by atoms with Gasteiger partial charge in [0.25, 0.3) is 0 Å². The lowest BCUT2D eigenvalue weighted by Crippen LogP contribution is -2.33. The van der Waals surface area contributed by atoms with Crippen molar-refractivity contribution in [3.63, 3.8) is 0 Å². The number of carbonyl (C=O) groups excluding carboxylic acids is 1. The van der Waals surface area contributed by atoms with Gasteiger partial charge in [-0.1, -0.05) is 12.1 Å². The van der Waals surface area contributed by atoms with E-state index >= 15 is 0 Å². The zero-order valence-corrected chi connectivity index (χ0v) is 12.1. The number of halogens is 2. The third kappa shape index (κ3) is 3.06. The van der Waals surface area contributed by atoms with E-state index in [1.165, 1.54) is 0 Å². The molecule has 1 aliphatic heterocycles. The monoisotopic (exact) mass is 311 g/mol. The zero-order valence-electron chi connectivity index (χ0n) is 12.1. The number of aliphatic hydroxyl groups is 1. The zero-order chi connectivity index (χ0) is 15.7. The van der Waals surface area contributed by atoms with Crippen LogP contribution in [0.15, 0.2) is 18.2 Å². The average molecular weight is 311 g/mol. The number of alkyl halides is 2. The van der Waals surface area contributed by atoms with Gasteiger partial charge in [0.2, 0.25) is 11.8 Å². The maximum absolute atomic E-state index is 13.4. The molecule has 1 aromatic carbocycles. The highest BCUT2D eigenvalue weighted by Gasteiger charge is 2.39. The lowest BCUT2D eigenvalue weighted by molar-refractivity contribution is -0.127. The summed E-state index contributed by atoms with van der Waals surface area (Å²) in [5.74, 6) is -3.41. The molecule has 2 atom stereocenters. The van der Waals surface area contributed by atoms with Crippen molar-refractivity contribution < 1.29 is 23.4 Å². The molecule has 1 aromatic rings. The summed E-state index contributed by atoms with van der Waals surface area (Å²) in [5, 5.41) is 12.6. The first kappa shape index (κ1) is 15.2. The summed E-state index contributed by atoms with van der Waals surface area (Å²) < 4.78 is 32.4. The van der Waals surface area contributed by atoms with E-state index in [1.54, 1.807) is 18.2 Å². The molecule has 0 radical (unpaired) electrons. The number of nitrogens with one attached hydrogen (secondary N) is 1. The molecule has 120 valence electrons. The first-order chi connectivity index (χ1) is 10.5. The van der Waals surface area contributed by atoms with Crippen LogP contribution in [0.4, 0.5) is 14.5 Å². The minimum atomic E-state index is -2.76. The molecular weight excluding hydrogens is 292 g/mol. The largest absolute Gasteiger partial charge is 0.491 e. The predicted octanol–water partition coefficient (Wildman–Crippen LogP) is 3.27. The maximum atomic E-state index is 13.4. The van der Waals surface area contributed by atoms with Crippen molar-refractivity contribution in [2.75, 3.05) is 11.9 Å². The Bertz CT molecular complexity index is 577. The van der Waals surface area contributed by atoms with E-state index in [4.69, 9.17) is 4.74 Å². The highest BCUT2D eigenvalue weighted by atomic mass is 19.3. The van der Waals surface area contributed by atoms with E-state index < -0.39 is 30.3 Å². The molecule has 1 fully saturated rings. The van der Waals surface area contributed by atoms with Crippen molar-refractivity contribution >= 4 is 11.6 Å². The molecule has 4 nitrogen and oxygen atoms in total. The van der Waals surface area contributed by atoms with Crippen molar-refractivity contribution in [1.29, 1.82) is 0 Å². The van der Waals surface area contributed by atoms with Crippen LogP contribution in [0.2, 0.25) is 0 Å². The summed E-state index contributed by atoms with van der Waals surface area (Å²) in [6.45, 7) is 0.364. The Hall–Kier alpha value is -1.69. The van der Waals surface area contributed by atoms with Crippen LogP contribution in [0.1, 0.15) is 43.8 Å². The normalized spacial score (nSPS) is 26.7. The van der Waals surface area contributed by atoms with Crippen molar-refractivity contribution in [1.82, 2.24) is 0 Å². The average Bonchev–Trinajstić information content (AvgIpc) is 2.47. The number of hydrogen-bond donors (Lipinski definition) is 2. The van der Waals surface area contributed by atoms with Gasteiger partial charge in [0.15, 0.2) is 0 Å². The van der Waals surface area contributed by atoms with Gasteiger partial charge in [0.05, 0.1) is 18.4 Å². The van der Waals surface area contributed by atoms with Crippen molar-refractivity contribution in [3.8, 4) is 5.75 Å². The van der Waals surface area contributed by atoms with Crippen LogP contribution in [-0.2, 0) is 4.79 Å². The fraction of sp³-hybridized carbons (Fsp3) is 0.562. The van der Waals surface area contributed by atoms with Crippen LogP contribution in [0, 0.1) is 5.92 Å². The molecule has 1 saturated carbocycles. The van der Waals surface area contributed by atoms with E-state index in [2.05, 4.69) is 5.32 Å². The van der Waals surface area contributed by atoms with Crippen LogP contribution in [0.25, 0.3) is 0 Å². The van der Waals surface area contributed by atoms with Gasteiger partial charge in [-0.2, -0.15) is 0 Å². The number of para-hydroxylation sites is 1. The van der Waals surface area contributed by atoms with Gasteiger partial charge in [0, 0.05) is 30.7 Å². The number of hydrogen-bond acceptors (Lipinski definition) is 3. The summed E-state index contributed by atoms with van der Waals surface area (Å²) in [7, 11) is 0. The molecule has 0 spiro atoms. The molecule has 2 N–H and O–H groups in total. The van der Waals surface area contributed by atoms with E-state index in [-0.39, 0.29) is 6.42 Å². The number of anilines is 1. The number of carbonyl (C=O) groups is 1. The minimum absolute atomic E-state index is 0.146. The standard InChI is InChI=1S/C16H19F2NO3/c17-16(18)7-2-3-10(9-16)15(21)19-12-5-1-4-11-13(20)6-8-22-14(11)12/h1,4-5,10,13,20H,2-3,6-9H2,(H,19,21)/t10-,13-/m1/s1. The third-order valence-corrected chi connectivity index (χ3v) is 4.31. The van der Waals surface area contributed by atoms with Crippen LogP contribution < -0.4 is 10.1 Å². The Morgan fingerprint density at radius 2 is 2.18 bits per heavy atom.